The highest BCUT2D eigenvalue weighted by atomic mass is 35.5. The van der Waals surface area contributed by atoms with Crippen molar-refractivity contribution < 1.29 is 14.3 Å². The normalized spacial score (nSPS) is 16.1. The zero-order chi connectivity index (χ0) is 24.4. The molecule has 3 aromatic rings. The van der Waals surface area contributed by atoms with Crippen LogP contribution >= 0.6 is 23.4 Å². The quantitative estimate of drug-likeness (QED) is 0.451. The molecule has 2 aromatic carbocycles. The van der Waals surface area contributed by atoms with Crippen LogP contribution in [0, 0.1) is 6.92 Å². The van der Waals surface area contributed by atoms with E-state index in [1.54, 1.807) is 4.90 Å². The Kier molecular flexibility index (Phi) is 7.55. The summed E-state index contributed by atoms with van der Waals surface area (Å²) in [5, 5.41) is 5.37. The van der Waals surface area contributed by atoms with Gasteiger partial charge in [0, 0.05) is 36.7 Å². The van der Waals surface area contributed by atoms with Gasteiger partial charge in [-0.15, -0.1) is 0 Å². The molecule has 2 amide bonds. The predicted molar refractivity (Wildman–Crippen MR) is 139 cm³/mol. The highest BCUT2D eigenvalue weighted by Gasteiger charge is 2.40. The molecular weight excluding hydrogens is 470 g/mol. The first-order chi connectivity index (χ1) is 16.3. The van der Waals surface area contributed by atoms with Gasteiger partial charge in [0.2, 0.25) is 11.8 Å². The van der Waals surface area contributed by atoms with Crippen LogP contribution in [-0.4, -0.2) is 41.4 Å². The van der Waals surface area contributed by atoms with Crippen LogP contribution in [0.3, 0.4) is 0 Å². The highest BCUT2D eigenvalue weighted by Crippen LogP contribution is 2.44. The van der Waals surface area contributed by atoms with Crippen LogP contribution in [0.15, 0.2) is 47.5 Å². The van der Waals surface area contributed by atoms with Crippen LogP contribution in [0.25, 0.3) is 10.9 Å². The summed E-state index contributed by atoms with van der Waals surface area (Å²) in [7, 11) is 1.98. The van der Waals surface area contributed by atoms with Crippen molar-refractivity contribution in [1.29, 1.82) is 0 Å². The highest BCUT2D eigenvalue weighted by molar-refractivity contribution is 8.00. The molecular formula is C26H30ClN3O3S. The minimum absolute atomic E-state index is 0.143. The fourth-order valence-electron chi connectivity index (χ4n) is 4.34. The summed E-state index contributed by atoms with van der Waals surface area (Å²) in [6.45, 7) is 6.93. The maximum atomic E-state index is 13.8. The second-order valence-electron chi connectivity index (χ2n) is 8.77. The van der Waals surface area contributed by atoms with Gasteiger partial charge in [0.15, 0.2) is 0 Å². The average Bonchev–Trinajstić information content (AvgIpc) is 2.97. The molecule has 34 heavy (non-hydrogen) atoms. The van der Waals surface area contributed by atoms with E-state index in [0.717, 1.165) is 27.1 Å². The molecule has 1 atom stereocenters. The van der Waals surface area contributed by atoms with Crippen molar-refractivity contribution >= 4 is 51.8 Å². The second kappa shape index (κ2) is 10.4. The number of hydrogen-bond donors (Lipinski definition) is 1. The minimum atomic E-state index is -0.838. The van der Waals surface area contributed by atoms with Gasteiger partial charge in [-0.25, -0.2) is 0 Å². The van der Waals surface area contributed by atoms with Gasteiger partial charge in [-0.05, 0) is 51.0 Å². The summed E-state index contributed by atoms with van der Waals surface area (Å²) in [5.74, 6) is -0.165. The summed E-state index contributed by atoms with van der Waals surface area (Å²) in [5.41, 5.74) is 3.39. The van der Waals surface area contributed by atoms with Crippen molar-refractivity contribution in [3.63, 3.8) is 0 Å². The number of carbonyl (C=O) groups excluding carboxylic acids is 2. The number of carbonyl (C=O) groups is 2. The van der Waals surface area contributed by atoms with Crippen molar-refractivity contribution in [1.82, 2.24) is 9.88 Å². The maximum absolute atomic E-state index is 13.8. The van der Waals surface area contributed by atoms with Gasteiger partial charge in [-0.2, -0.15) is 0 Å². The zero-order valence-electron chi connectivity index (χ0n) is 19.9. The van der Waals surface area contributed by atoms with Gasteiger partial charge in [-0.3, -0.25) is 14.5 Å². The van der Waals surface area contributed by atoms with E-state index in [9.17, 15) is 9.59 Å². The number of hydrogen-bond acceptors (Lipinski definition) is 4. The Morgan fingerprint density at radius 2 is 2.03 bits per heavy atom. The molecule has 1 aliphatic rings. The number of aryl methyl sites for hydroxylation is 2. The van der Waals surface area contributed by atoms with Crippen molar-refractivity contribution in [2.75, 3.05) is 23.8 Å². The van der Waals surface area contributed by atoms with E-state index in [-0.39, 0.29) is 23.7 Å². The Morgan fingerprint density at radius 3 is 2.76 bits per heavy atom. The molecule has 1 unspecified atom stereocenters. The van der Waals surface area contributed by atoms with Crippen LogP contribution in [0.1, 0.15) is 37.4 Å². The molecule has 1 aromatic heterocycles. The lowest BCUT2D eigenvalue weighted by atomic mass is 10.0. The lowest BCUT2D eigenvalue weighted by Gasteiger charge is -2.30. The van der Waals surface area contributed by atoms with Crippen molar-refractivity contribution in [3.05, 3.63) is 58.6 Å². The number of benzene rings is 2. The van der Waals surface area contributed by atoms with Crippen LogP contribution in [0.2, 0.25) is 5.02 Å². The summed E-state index contributed by atoms with van der Waals surface area (Å²) < 4.78 is 7.67. The van der Waals surface area contributed by atoms with Crippen LogP contribution in [-0.2, 0) is 21.4 Å². The molecule has 8 heteroatoms. The number of halogens is 1. The molecule has 0 spiro atoms. The van der Waals surface area contributed by atoms with Crippen molar-refractivity contribution in [2.24, 2.45) is 7.05 Å². The predicted octanol–water partition coefficient (Wildman–Crippen LogP) is 5.25. The topological polar surface area (TPSA) is 63.6 Å². The number of ether oxygens (including phenoxy) is 1. The number of para-hydroxylation sites is 1. The number of thioether (sulfide) groups is 1. The van der Waals surface area contributed by atoms with Gasteiger partial charge in [0.25, 0.3) is 0 Å². The molecule has 6 nitrogen and oxygen atoms in total. The fraction of sp³-hybridized carbons (Fsp3) is 0.385. The monoisotopic (exact) mass is 499 g/mol. The van der Waals surface area contributed by atoms with Crippen molar-refractivity contribution in [3.8, 4) is 0 Å². The van der Waals surface area contributed by atoms with Gasteiger partial charge in [0.05, 0.1) is 27.6 Å². The third-order valence-electron chi connectivity index (χ3n) is 5.91. The summed E-state index contributed by atoms with van der Waals surface area (Å²) >= 11 is 8.09. The third-order valence-corrected chi connectivity index (χ3v) is 7.37. The fourth-order valence-corrected chi connectivity index (χ4v) is 5.73. The van der Waals surface area contributed by atoms with Gasteiger partial charge < -0.3 is 14.6 Å². The zero-order valence-corrected chi connectivity index (χ0v) is 21.5. The third kappa shape index (κ3) is 4.83. The first kappa shape index (κ1) is 24.6. The second-order valence-corrected chi connectivity index (χ2v) is 10.1. The molecule has 1 aliphatic heterocycles. The van der Waals surface area contributed by atoms with E-state index in [4.69, 9.17) is 16.3 Å². The molecule has 0 radical (unpaired) electrons. The van der Waals surface area contributed by atoms with Gasteiger partial charge in [-0.1, -0.05) is 47.6 Å². The van der Waals surface area contributed by atoms with E-state index in [2.05, 4.69) is 9.88 Å². The summed E-state index contributed by atoms with van der Waals surface area (Å²) in [6.07, 6.45) is 0.831. The maximum Gasteiger partial charge on any atom is 0.247 e. The smallest absolute Gasteiger partial charge is 0.247 e. The van der Waals surface area contributed by atoms with Gasteiger partial charge in [0.1, 0.15) is 6.04 Å². The summed E-state index contributed by atoms with van der Waals surface area (Å²) in [4.78, 5) is 28.8. The lowest BCUT2D eigenvalue weighted by Crippen LogP contribution is -2.44. The number of nitrogens with one attached hydrogen (secondary N) is 1. The number of aromatic nitrogens is 1. The van der Waals surface area contributed by atoms with E-state index < -0.39 is 6.04 Å². The van der Waals surface area contributed by atoms with E-state index in [1.807, 2.05) is 70.3 Å². The Bertz CT molecular complexity index is 1220. The molecule has 0 saturated carbocycles. The van der Waals surface area contributed by atoms with Crippen LogP contribution in [0.4, 0.5) is 5.69 Å². The first-order valence-electron chi connectivity index (χ1n) is 11.5. The van der Waals surface area contributed by atoms with Crippen LogP contribution < -0.4 is 10.2 Å². The molecule has 0 aliphatic carbocycles. The van der Waals surface area contributed by atoms with Crippen molar-refractivity contribution in [2.45, 2.75) is 44.4 Å². The minimum Gasteiger partial charge on any atom is -0.379 e. The summed E-state index contributed by atoms with van der Waals surface area (Å²) in [6, 6.07) is 12.7. The number of rotatable bonds is 7. The number of amides is 2. The largest absolute Gasteiger partial charge is 0.379 e. The molecule has 180 valence electrons. The molecule has 2 heterocycles. The van der Waals surface area contributed by atoms with Gasteiger partial charge >= 0.3 is 0 Å². The molecule has 0 fully saturated rings. The molecule has 0 bridgehead atoms. The van der Waals surface area contributed by atoms with Crippen LogP contribution in [0.5, 0.6) is 0 Å². The molecule has 1 N–H and O–H groups in total. The van der Waals surface area contributed by atoms with E-state index in [0.29, 0.717) is 30.3 Å². The number of fused-ring (bicyclic) bond motifs is 3. The molecule has 4 rings (SSSR count). The standard InChI is InChI=1S/C26H30ClN3O3S/c1-16(2)33-13-7-12-28-25(32)24-23-18-8-5-6-9-20(18)29(4)26(23)34-15-22(31)30(24)21-11-10-17(3)14-19(21)27/h5-6,8-11,14,16,24H,7,12-13,15H2,1-4H3,(H,28,32). The Hall–Kier alpha value is -2.48. The average molecular weight is 500 g/mol. The van der Waals surface area contributed by atoms with E-state index >= 15 is 0 Å². The Balaban J connectivity index is 1.79. The SMILES string of the molecule is Cc1ccc(N2C(=O)CSc3c(c4ccccc4n3C)C2C(=O)NCCCOC(C)C)c(Cl)c1. The molecule has 0 saturated heterocycles. The first-order valence-corrected chi connectivity index (χ1v) is 12.8. The number of anilines is 1. The lowest BCUT2D eigenvalue weighted by molar-refractivity contribution is -0.125. The van der Waals surface area contributed by atoms with E-state index in [1.165, 1.54) is 11.8 Å². The Morgan fingerprint density at radius 1 is 1.26 bits per heavy atom. The number of nitrogens with zero attached hydrogens (tertiary/aromatic N) is 2. The Labute approximate surface area is 209 Å².